The molecule has 7 heteroatoms. The van der Waals surface area contributed by atoms with Gasteiger partial charge in [-0.3, -0.25) is 14.5 Å². The van der Waals surface area contributed by atoms with E-state index in [2.05, 4.69) is 25.7 Å². The highest BCUT2D eigenvalue weighted by atomic mass is 16.7. The number of ether oxygens (including phenoxy) is 3. The van der Waals surface area contributed by atoms with Gasteiger partial charge >= 0.3 is 5.97 Å². The van der Waals surface area contributed by atoms with Crippen LogP contribution in [0.25, 0.3) is 0 Å². The van der Waals surface area contributed by atoms with Gasteiger partial charge in [0, 0.05) is 36.3 Å². The van der Waals surface area contributed by atoms with Gasteiger partial charge in [-0.25, -0.2) is 0 Å². The van der Waals surface area contributed by atoms with Crippen LogP contribution >= 0.6 is 0 Å². The molecular formula is C32H49NO6. The van der Waals surface area contributed by atoms with Crippen LogP contribution in [0.2, 0.25) is 0 Å². The van der Waals surface area contributed by atoms with Gasteiger partial charge in [0.2, 0.25) is 0 Å². The molecular weight excluding hydrogens is 494 g/mol. The van der Waals surface area contributed by atoms with Crippen LogP contribution in [0.3, 0.4) is 0 Å². The second-order valence-electron chi connectivity index (χ2n) is 15.5. The predicted molar refractivity (Wildman–Crippen MR) is 144 cm³/mol. The van der Waals surface area contributed by atoms with E-state index in [1.807, 2.05) is 13.8 Å². The molecule has 1 N–H and O–H groups in total. The van der Waals surface area contributed by atoms with Crippen LogP contribution in [0, 0.1) is 39.9 Å². The Balaban J connectivity index is 1.35. The second-order valence-corrected chi connectivity index (χ2v) is 15.5. The van der Waals surface area contributed by atoms with Crippen molar-refractivity contribution < 1.29 is 28.9 Å². The van der Waals surface area contributed by atoms with Crippen LogP contribution in [-0.4, -0.2) is 64.2 Å². The average Bonchev–Trinajstić information content (AvgIpc) is 3.48. The highest BCUT2D eigenvalue weighted by molar-refractivity contribution is 5.91. The van der Waals surface area contributed by atoms with E-state index in [0.29, 0.717) is 30.8 Å². The lowest BCUT2D eigenvalue weighted by atomic mass is 9.41. The molecule has 39 heavy (non-hydrogen) atoms. The fraction of sp³-hybridized carbons (Fsp3) is 0.938. The largest absolute Gasteiger partial charge is 0.454 e. The normalized spacial score (nSPS) is 55.5. The summed E-state index contributed by atoms with van der Waals surface area (Å²) in [6.07, 6.45) is 8.51. The minimum absolute atomic E-state index is 0.00781. The quantitative estimate of drug-likeness (QED) is 0.480. The van der Waals surface area contributed by atoms with Crippen LogP contribution in [0.1, 0.15) is 106 Å². The smallest absolute Gasteiger partial charge is 0.303 e. The Bertz CT molecular complexity index is 1080. The predicted octanol–water partition coefficient (Wildman–Crippen LogP) is 4.83. The van der Waals surface area contributed by atoms with Crippen molar-refractivity contribution in [2.24, 2.45) is 39.9 Å². The van der Waals surface area contributed by atoms with E-state index in [4.69, 9.17) is 14.2 Å². The van der Waals surface area contributed by atoms with E-state index >= 15 is 0 Å². The van der Waals surface area contributed by atoms with Crippen molar-refractivity contribution in [2.75, 3.05) is 6.61 Å². The number of rotatable bonds is 6. The summed E-state index contributed by atoms with van der Waals surface area (Å²) in [5, 5.41) is 12.0. The molecule has 8 unspecified atom stereocenters. The number of piperidine rings is 2. The van der Waals surface area contributed by atoms with Crippen LogP contribution in [-0.2, 0) is 23.8 Å². The first-order valence-electron chi connectivity index (χ1n) is 15.8. The minimum Gasteiger partial charge on any atom is -0.454 e. The molecule has 7 rings (SSSR count). The van der Waals surface area contributed by atoms with Crippen LogP contribution in [0.15, 0.2) is 0 Å². The number of esters is 1. The van der Waals surface area contributed by atoms with E-state index in [1.54, 1.807) is 0 Å². The van der Waals surface area contributed by atoms with Gasteiger partial charge in [0.25, 0.3) is 0 Å². The number of carbonyl (C=O) groups excluding carboxylic acids is 2. The van der Waals surface area contributed by atoms with Gasteiger partial charge in [-0.15, -0.1) is 0 Å². The standard InChI is InChI=1S/C32H49NO6/c1-18(2)20-9-13-29(5)21-10-15-31-12-7-8-23(31)32(29,25(20)33(31)27(21)36)16-22(38-19(3)34)26(35)28(4)17-37-30(6)14-11-24(28)39-30/h18,20-25,27,36H,7-17H2,1-6H3/t20-,21?,22+,23-,24?,25?,27+,28?,29?,30?,31+,32?/m1/s1. The Hall–Kier alpha value is -1.02. The zero-order valence-electron chi connectivity index (χ0n) is 24.8. The molecule has 0 amide bonds. The summed E-state index contributed by atoms with van der Waals surface area (Å²) in [6, 6.07) is 0.209. The third-order valence-electron chi connectivity index (χ3n) is 13.7. The third kappa shape index (κ3) is 3.14. The summed E-state index contributed by atoms with van der Waals surface area (Å²) in [5.41, 5.74) is -1.12. The van der Waals surface area contributed by atoms with Crippen molar-refractivity contribution in [1.82, 2.24) is 4.90 Å². The van der Waals surface area contributed by atoms with Crippen LogP contribution in [0.5, 0.6) is 0 Å². The molecule has 1 spiro atoms. The Morgan fingerprint density at radius 1 is 1.05 bits per heavy atom. The van der Waals surface area contributed by atoms with E-state index in [1.165, 1.54) is 13.3 Å². The molecule has 2 aliphatic carbocycles. The van der Waals surface area contributed by atoms with E-state index in [9.17, 15) is 14.7 Å². The van der Waals surface area contributed by atoms with Gasteiger partial charge < -0.3 is 19.3 Å². The molecule has 5 heterocycles. The number of hydrogen-bond acceptors (Lipinski definition) is 7. The monoisotopic (exact) mass is 543 g/mol. The van der Waals surface area contributed by atoms with Crippen molar-refractivity contribution in [2.45, 2.75) is 142 Å². The number of aliphatic hydroxyl groups excluding tert-OH is 1. The molecule has 0 aromatic heterocycles. The van der Waals surface area contributed by atoms with Gasteiger partial charge in [-0.1, -0.05) is 27.2 Å². The molecule has 13 atom stereocenters. The molecule has 7 nitrogen and oxygen atoms in total. The fourth-order valence-electron chi connectivity index (χ4n) is 12.0. The maximum absolute atomic E-state index is 14.7. The zero-order chi connectivity index (χ0) is 27.8. The Morgan fingerprint density at radius 3 is 2.54 bits per heavy atom. The summed E-state index contributed by atoms with van der Waals surface area (Å²) in [4.78, 5) is 29.9. The summed E-state index contributed by atoms with van der Waals surface area (Å²) in [7, 11) is 0. The van der Waals surface area contributed by atoms with Gasteiger partial charge in [0.15, 0.2) is 17.7 Å². The van der Waals surface area contributed by atoms with Gasteiger partial charge in [-0.05, 0) is 88.4 Å². The van der Waals surface area contributed by atoms with E-state index < -0.39 is 29.5 Å². The zero-order valence-corrected chi connectivity index (χ0v) is 24.8. The van der Waals surface area contributed by atoms with Crippen LogP contribution < -0.4 is 0 Å². The first-order chi connectivity index (χ1) is 18.3. The molecule has 0 aromatic carbocycles. The number of Topliss-reactive ketones (excluding diaryl/α,β-unsaturated/α-hetero) is 1. The highest BCUT2D eigenvalue weighted by Crippen LogP contribution is 2.80. The lowest BCUT2D eigenvalue weighted by Gasteiger charge is -2.68. The number of nitrogens with zero attached hydrogens (tertiary/aromatic N) is 1. The molecule has 0 aromatic rings. The molecule has 7 fully saturated rings. The summed E-state index contributed by atoms with van der Waals surface area (Å²) < 4.78 is 18.5. The van der Waals surface area contributed by atoms with Gasteiger partial charge in [0.1, 0.15) is 6.23 Å². The second kappa shape index (κ2) is 8.29. The Kier molecular flexibility index (Phi) is 5.71. The molecule has 7 bridgehead atoms. The highest BCUT2D eigenvalue weighted by Gasteiger charge is 2.82. The molecule has 218 valence electrons. The number of aliphatic hydroxyl groups is 1. The van der Waals surface area contributed by atoms with Gasteiger partial charge in [0.05, 0.1) is 18.1 Å². The maximum Gasteiger partial charge on any atom is 0.303 e. The van der Waals surface area contributed by atoms with Crippen molar-refractivity contribution in [3.8, 4) is 0 Å². The minimum atomic E-state index is -0.848. The Morgan fingerprint density at radius 2 is 1.82 bits per heavy atom. The van der Waals surface area contributed by atoms with Crippen molar-refractivity contribution in [1.29, 1.82) is 0 Å². The first-order valence-corrected chi connectivity index (χ1v) is 15.8. The number of carbonyl (C=O) groups is 2. The van der Waals surface area contributed by atoms with Crippen molar-refractivity contribution in [3.63, 3.8) is 0 Å². The number of ketones is 1. The topological polar surface area (TPSA) is 85.3 Å². The van der Waals surface area contributed by atoms with E-state index in [0.717, 1.165) is 51.4 Å². The summed E-state index contributed by atoms with van der Waals surface area (Å²) in [6.45, 7) is 12.8. The summed E-state index contributed by atoms with van der Waals surface area (Å²) >= 11 is 0. The fourth-order valence-corrected chi connectivity index (χ4v) is 12.0. The summed E-state index contributed by atoms with van der Waals surface area (Å²) in [5.74, 6) is 0.498. The molecule has 5 aliphatic heterocycles. The molecule has 7 aliphatic rings. The first kappa shape index (κ1) is 26.9. The third-order valence-corrected chi connectivity index (χ3v) is 13.7. The van der Waals surface area contributed by atoms with Crippen molar-refractivity contribution in [3.05, 3.63) is 0 Å². The molecule has 0 radical (unpaired) electrons. The lowest BCUT2D eigenvalue weighted by molar-refractivity contribution is -0.285. The average molecular weight is 544 g/mol. The van der Waals surface area contributed by atoms with Crippen LogP contribution in [0.4, 0.5) is 0 Å². The molecule has 2 saturated carbocycles. The van der Waals surface area contributed by atoms with Crippen molar-refractivity contribution >= 4 is 11.8 Å². The Labute approximate surface area is 233 Å². The maximum atomic E-state index is 14.7. The number of fused-ring (bicyclic) bond motifs is 4. The lowest BCUT2D eigenvalue weighted by Crippen LogP contribution is -2.72. The van der Waals surface area contributed by atoms with Gasteiger partial charge in [-0.2, -0.15) is 0 Å². The van der Waals surface area contributed by atoms with E-state index in [-0.39, 0.29) is 40.2 Å². The number of hydrogen-bond donors (Lipinski definition) is 1. The molecule has 5 saturated heterocycles. The SMILES string of the molecule is CC(=O)O[C@@H](CC12C3[C@@H](C(C)C)CCC1(C)C1CC[C@]4(CCC[C@@H]24)N3[C@H]1O)C(=O)C1(C)COC2(C)CCC1O2.